The summed E-state index contributed by atoms with van der Waals surface area (Å²) in [4.78, 5) is 13.0. The van der Waals surface area contributed by atoms with E-state index in [-0.39, 0.29) is 24.8 Å². The van der Waals surface area contributed by atoms with Crippen LogP contribution in [0.25, 0.3) is 11.1 Å². The molecule has 2 aliphatic rings. The monoisotopic (exact) mass is 464 g/mol. The molecule has 1 amide bonds. The number of fused-ring (bicyclic) bond motifs is 4. The van der Waals surface area contributed by atoms with Crippen molar-refractivity contribution in [3.8, 4) is 22.6 Å². The second-order valence-electron chi connectivity index (χ2n) is 8.40. The Morgan fingerprint density at radius 2 is 1.79 bits per heavy atom. The molecule has 0 bridgehead atoms. The number of amides is 1. The molecule has 0 saturated carbocycles. The molecule has 33 heavy (non-hydrogen) atoms. The molecule has 0 aliphatic carbocycles. The first-order valence-corrected chi connectivity index (χ1v) is 12.2. The van der Waals surface area contributed by atoms with Crippen molar-refractivity contribution >= 4 is 21.6 Å². The van der Waals surface area contributed by atoms with E-state index in [0.29, 0.717) is 28.7 Å². The van der Waals surface area contributed by atoms with Gasteiger partial charge in [-0.25, -0.2) is 8.42 Å². The molecule has 7 nitrogen and oxygen atoms in total. The maximum Gasteiger partial charge on any atom is 0.265 e. The minimum Gasteiger partial charge on any atom is -0.454 e. The smallest absolute Gasteiger partial charge is 0.265 e. The quantitative estimate of drug-likeness (QED) is 0.616. The summed E-state index contributed by atoms with van der Waals surface area (Å²) in [6.45, 7) is 4.30. The van der Waals surface area contributed by atoms with Crippen LogP contribution in [0.1, 0.15) is 30.9 Å². The van der Waals surface area contributed by atoms with Crippen molar-refractivity contribution < 1.29 is 22.7 Å². The van der Waals surface area contributed by atoms with Gasteiger partial charge in [-0.1, -0.05) is 44.2 Å². The molecule has 3 aromatic carbocycles. The van der Waals surface area contributed by atoms with Gasteiger partial charge in [-0.05, 0) is 47.4 Å². The first-order valence-electron chi connectivity index (χ1n) is 10.8. The number of hydrogen-bond acceptors (Lipinski definition) is 5. The maximum atomic E-state index is 13.4. The van der Waals surface area contributed by atoms with Gasteiger partial charge in [0.1, 0.15) is 6.54 Å². The zero-order valence-electron chi connectivity index (χ0n) is 18.4. The second kappa shape index (κ2) is 8.12. The van der Waals surface area contributed by atoms with Crippen LogP contribution in [0, 0.1) is 0 Å². The minimum atomic E-state index is -3.88. The molecule has 0 spiro atoms. The zero-order chi connectivity index (χ0) is 23.2. The third-order valence-corrected chi connectivity index (χ3v) is 7.73. The van der Waals surface area contributed by atoms with E-state index in [1.807, 2.05) is 30.3 Å². The van der Waals surface area contributed by atoms with Gasteiger partial charge in [-0.3, -0.25) is 9.10 Å². The molecule has 170 valence electrons. The largest absolute Gasteiger partial charge is 0.454 e. The summed E-state index contributed by atoms with van der Waals surface area (Å²) < 4.78 is 38.8. The Morgan fingerprint density at radius 3 is 2.61 bits per heavy atom. The average molecular weight is 465 g/mol. The lowest BCUT2D eigenvalue weighted by Crippen LogP contribution is -2.42. The van der Waals surface area contributed by atoms with Gasteiger partial charge in [-0.2, -0.15) is 0 Å². The van der Waals surface area contributed by atoms with Crippen molar-refractivity contribution in [1.29, 1.82) is 0 Å². The Labute approximate surface area is 193 Å². The van der Waals surface area contributed by atoms with E-state index in [1.165, 1.54) is 4.31 Å². The van der Waals surface area contributed by atoms with Gasteiger partial charge in [0.15, 0.2) is 11.5 Å². The van der Waals surface area contributed by atoms with Gasteiger partial charge >= 0.3 is 0 Å². The maximum absolute atomic E-state index is 13.4. The Kier molecular flexibility index (Phi) is 5.25. The van der Waals surface area contributed by atoms with Crippen molar-refractivity contribution in [2.75, 3.05) is 17.6 Å². The highest BCUT2D eigenvalue weighted by Gasteiger charge is 2.36. The van der Waals surface area contributed by atoms with Gasteiger partial charge < -0.3 is 14.8 Å². The molecule has 2 aliphatic heterocycles. The zero-order valence-corrected chi connectivity index (χ0v) is 19.2. The van der Waals surface area contributed by atoms with Crippen LogP contribution in [0.2, 0.25) is 0 Å². The van der Waals surface area contributed by atoms with Crippen LogP contribution < -0.4 is 19.1 Å². The van der Waals surface area contributed by atoms with Gasteiger partial charge in [0.2, 0.25) is 12.7 Å². The number of anilines is 1. The molecular weight excluding hydrogens is 440 g/mol. The van der Waals surface area contributed by atoms with Crippen LogP contribution in [-0.4, -0.2) is 27.7 Å². The van der Waals surface area contributed by atoms with Crippen LogP contribution in [-0.2, 0) is 21.4 Å². The Morgan fingerprint density at radius 1 is 1.00 bits per heavy atom. The predicted octanol–water partition coefficient (Wildman–Crippen LogP) is 4.03. The standard InChI is InChI=1S/C25H24N2O5S/c1-16(2)18-8-9-21-20(12-18)19-5-3-4-6-24(19)33(29,30)27(21)14-25(28)26-13-17-7-10-22-23(11-17)32-15-31-22/h3-12,16H,13-15H2,1-2H3,(H,26,28). The number of rotatable bonds is 5. The van der Waals surface area contributed by atoms with Crippen LogP contribution in [0.4, 0.5) is 5.69 Å². The third-order valence-electron chi connectivity index (χ3n) is 5.92. The molecule has 0 atom stereocenters. The van der Waals surface area contributed by atoms with Gasteiger partial charge in [0, 0.05) is 17.7 Å². The first kappa shape index (κ1) is 21.3. The van der Waals surface area contributed by atoms with E-state index < -0.39 is 15.9 Å². The molecular formula is C25H24N2O5S. The molecule has 0 unspecified atom stereocenters. The van der Waals surface area contributed by atoms with E-state index in [2.05, 4.69) is 19.2 Å². The lowest BCUT2D eigenvalue weighted by Gasteiger charge is -2.32. The van der Waals surface area contributed by atoms with Crippen molar-refractivity contribution in [1.82, 2.24) is 5.32 Å². The summed E-state index contributed by atoms with van der Waals surface area (Å²) in [5, 5.41) is 2.82. The lowest BCUT2D eigenvalue weighted by molar-refractivity contribution is -0.119. The molecule has 2 heterocycles. The summed E-state index contributed by atoms with van der Waals surface area (Å²) in [7, 11) is -3.88. The SMILES string of the molecule is CC(C)c1ccc2c(c1)-c1ccccc1S(=O)(=O)N2CC(=O)NCc1ccc2c(c1)OCO2. The van der Waals surface area contributed by atoms with E-state index >= 15 is 0 Å². The van der Waals surface area contributed by atoms with Crippen LogP contribution in [0.15, 0.2) is 65.6 Å². The van der Waals surface area contributed by atoms with Crippen molar-refractivity contribution in [3.63, 3.8) is 0 Å². The molecule has 5 rings (SSSR count). The lowest BCUT2D eigenvalue weighted by atomic mass is 9.95. The predicted molar refractivity (Wildman–Crippen MR) is 125 cm³/mol. The number of hydrogen-bond donors (Lipinski definition) is 1. The van der Waals surface area contributed by atoms with Gasteiger partial charge in [-0.15, -0.1) is 0 Å². The normalized spacial score (nSPS) is 15.2. The number of sulfonamides is 1. The second-order valence-corrected chi connectivity index (χ2v) is 10.2. The summed E-state index contributed by atoms with van der Waals surface area (Å²) in [6.07, 6.45) is 0. The summed E-state index contributed by atoms with van der Waals surface area (Å²) >= 11 is 0. The average Bonchev–Trinajstić information content (AvgIpc) is 3.28. The molecule has 8 heteroatoms. The van der Waals surface area contributed by atoms with Gasteiger partial charge in [0.25, 0.3) is 10.0 Å². The summed E-state index contributed by atoms with van der Waals surface area (Å²) in [6, 6.07) is 18.1. The Balaban J connectivity index is 1.42. The highest BCUT2D eigenvalue weighted by Crippen LogP contribution is 2.44. The fourth-order valence-corrected chi connectivity index (χ4v) is 5.77. The molecule has 3 aromatic rings. The topological polar surface area (TPSA) is 84.9 Å². The number of carbonyl (C=O) groups excluding carboxylic acids is 1. The van der Waals surface area contributed by atoms with Crippen molar-refractivity contribution in [2.24, 2.45) is 0 Å². The highest BCUT2D eigenvalue weighted by molar-refractivity contribution is 7.93. The van der Waals surface area contributed by atoms with Crippen molar-refractivity contribution in [3.05, 3.63) is 71.8 Å². The Bertz CT molecular complexity index is 1350. The Hall–Kier alpha value is -3.52. The van der Waals surface area contributed by atoms with E-state index in [9.17, 15) is 13.2 Å². The molecule has 0 saturated heterocycles. The fraction of sp³-hybridized carbons (Fsp3) is 0.240. The van der Waals surface area contributed by atoms with Crippen LogP contribution in [0.5, 0.6) is 11.5 Å². The van der Waals surface area contributed by atoms with E-state index in [4.69, 9.17) is 9.47 Å². The third kappa shape index (κ3) is 3.80. The van der Waals surface area contributed by atoms with Crippen LogP contribution in [0.3, 0.4) is 0 Å². The summed E-state index contributed by atoms with van der Waals surface area (Å²) in [5.41, 5.74) is 3.93. The number of carbonyl (C=O) groups is 1. The highest BCUT2D eigenvalue weighted by atomic mass is 32.2. The minimum absolute atomic E-state index is 0.178. The number of benzene rings is 3. The first-order chi connectivity index (χ1) is 15.8. The molecule has 0 aromatic heterocycles. The number of nitrogens with one attached hydrogen (secondary N) is 1. The number of nitrogens with zero attached hydrogens (tertiary/aromatic N) is 1. The molecule has 0 fully saturated rings. The number of ether oxygens (including phenoxy) is 2. The summed E-state index contributed by atoms with van der Waals surface area (Å²) in [5.74, 6) is 1.20. The van der Waals surface area contributed by atoms with E-state index in [1.54, 1.807) is 30.3 Å². The molecule has 0 radical (unpaired) electrons. The van der Waals surface area contributed by atoms with Crippen LogP contribution >= 0.6 is 0 Å². The molecule has 1 N–H and O–H groups in total. The van der Waals surface area contributed by atoms with Crippen molar-refractivity contribution in [2.45, 2.75) is 31.2 Å². The van der Waals surface area contributed by atoms with E-state index in [0.717, 1.165) is 16.7 Å². The van der Waals surface area contributed by atoms with Gasteiger partial charge in [0.05, 0.1) is 10.6 Å². The fourth-order valence-electron chi connectivity index (χ4n) is 4.12.